The van der Waals surface area contributed by atoms with Crippen LogP contribution < -0.4 is 10.6 Å². The summed E-state index contributed by atoms with van der Waals surface area (Å²) in [6.45, 7) is 1.97. The fraction of sp³-hybridized carbons (Fsp3) is 0.348. The van der Waals surface area contributed by atoms with Crippen molar-refractivity contribution in [1.82, 2.24) is 15.0 Å². The molecule has 2 heterocycles. The van der Waals surface area contributed by atoms with E-state index < -0.39 is 11.9 Å². The van der Waals surface area contributed by atoms with Gasteiger partial charge >= 0.3 is 6.18 Å². The molecule has 0 atom stereocenters. The number of hydrogen-bond acceptors (Lipinski definition) is 6. The van der Waals surface area contributed by atoms with Gasteiger partial charge in [0.1, 0.15) is 11.5 Å². The highest BCUT2D eigenvalue weighted by Gasteiger charge is 2.33. The first-order valence-electron chi connectivity index (χ1n) is 10.4. The Bertz CT molecular complexity index is 1080. The van der Waals surface area contributed by atoms with Gasteiger partial charge in [0.15, 0.2) is 0 Å². The van der Waals surface area contributed by atoms with E-state index in [-0.39, 0.29) is 18.1 Å². The third kappa shape index (κ3) is 4.99. The molecule has 32 heavy (non-hydrogen) atoms. The number of nitrogens with one attached hydrogen (secondary N) is 2. The molecule has 0 bridgehead atoms. The van der Waals surface area contributed by atoms with Gasteiger partial charge in [-0.2, -0.15) is 13.2 Å². The lowest BCUT2D eigenvalue weighted by Gasteiger charge is -2.28. The van der Waals surface area contributed by atoms with Crippen molar-refractivity contribution in [3.05, 3.63) is 60.0 Å². The van der Waals surface area contributed by atoms with Gasteiger partial charge in [-0.15, -0.1) is 0 Å². The zero-order valence-electron chi connectivity index (χ0n) is 17.6. The average Bonchev–Trinajstić information content (AvgIpc) is 3.22. The first-order valence-corrected chi connectivity index (χ1v) is 10.4. The second-order valence-corrected chi connectivity index (χ2v) is 8.18. The van der Waals surface area contributed by atoms with Crippen LogP contribution in [0.5, 0.6) is 0 Å². The van der Waals surface area contributed by atoms with Crippen LogP contribution in [0.15, 0.2) is 48.8 Å². The number of nitrogens with zero attached hydrogens (tertiary/aromatic N) is 3. The molecule has 1 aliphatic rings. The molecule has 0 amide bonds. The van der Waals surface area contributed by atoms with Crippen LogP contribution in [-0.2, 0) is 6.18 Å². The number of aliphatic hydroxyl groups excluding tert-OH is 1. The molecule has 0 unspecified atom stereocenters. The van der Waals surface area contributed by atoms with Crippen LogP contribution in [0.1, 0.15) is 36.9 Å². The molecule has 9 heteroatoms. The number of aromatic nitrogens is 3. The van der Waals surface area contributed by atoms with E-state index in [0.717, 1.165) is 54.6 Å². The molecule has 1 saturated carbocycles. The highest BCUT2D eigenvalue weighted by molar-refractivity contribution is 5.71. The first-order chi connectivity index (χ1) is 15.3. The first kappa shape index (κ1) is 22.0. The second-order valence-electron chi connectivity index (χ2n) is 8.18. The summed E-state index contributed by atoms with van der Waals surface area (Å²) in [6, 6.07) is 10.2. The summed E-state index contributed by atoms with van der Waals surface area (Å²) in [6.07, 6.45) is 2.27. The van der Waals surface area contributed by atoms with Crippen molar-refractivity contribution in [3.63, 3.8) is 0 Å². The molecule has 168 valence electrons. The zero-order chi connectivity index (χ0) is 22.8. The Balaban J connectivity index is 1.54. The van der Waals surface area contributed by atoms with Crippen molar-refractivity contribution in [1.29, 1.82) is 0 Å². The predicted octanol–water partition coefficient (Wildman–Crippen LogP) is 5.33. The number of pyridine rings is 1. The minimum atomic E-state index is -4.54. The number of aryl methyl sites for hydroxylation is 1. The minimum Gasteiger partial charge on any atom is -0.394 e. The van der Waals surface area contributed by atoms with Crippen molar-refractivity contribution in [2.24, 2.45) is 0 Å². The summed E-state index contributed by atoms with van der Waals surface area (Å²) in [5, 5.41) is 16.0. The van der Waals surface area contributed by atoms with E-state index >= 15 is 0 Å². The third-order valence-corrected chi connectivity index (χ3v) is 5.63. The van der Waals surface area contributed by atoms with Crippen LogP contribution in [0, 0.1) is 6.92 Å². The number of benzene rings is 1. The highest BCUT2D eigenvalue weighted by atomic mass is 19.4. The van der Waals surface area contributed by atoms with E-state index in [1.807, 2.05) is 37.3 Å². The predicted molar refractivity (Wildman–Crippen MR) is 117 cm³/mol. The molecule has 3 N–H and O–H groups in total. The second kappa shape index (κ2) is 8.74. The summed E-state index contributed by atoms with van der Waals surface area (Å²) in [5.74, 6) is 0.577. The number of rotatable bonds is 6. The summed E-state index contributed by atoms with van der Waals surface area (Å²) < 4.78 is 38.8. The van der Waals surface area contributed by atoms with Crippen molar-refractivity contribution >= 4 is 17.5 Å². The third-order valence-electron chi connectivity index (χ3n) is 5.63. The van der Waals surface area contributed by atoms with Gasteiger partial charge in [0.2, 0.25) is 5.95 Å². The number of hydrogen-bond donors (Lipinski definition) is 3. The van der Waals surface area contributed by atoms with E-state index in [9.17, 15) is 18.3 Å². The van der Waals surface area contributed by atoms with Crippen LogP contribution in [0.2, 0.25) is 0 Å². The molecular weight excluding hydrogens is 419 g/mol. The van der Waals surface area contributed by atoms with E-state index in [4.69, 9.17) is 0 Å². The lowest BCUT2D eigenvalue weighted by Crippen LogP contribution is -2.39. The summed E-state index contributed by atoms with van der Waals surface area (Å²) >= 11 is 0. The molecule has 3 aromatic rings. The lowest BCUT2D eigenvalue weighted by atomic mass is 9.99. The quantitative estimate of drug-likeness (QED) is 0.478. The van der Waals surface area contributed by atoms with Gasteiger partial charge in [0.25, 0.3) is 0 Å². The minimum absolute atomic E-state index is 0.0704. The van der Waals surface area contributed by atoms with E-state index in [2.05, 4.69) is 25.6 Å². The molecule has 0 saturated heterocycles. The average molecular weight is 443 g/mol. The number of aliphatic hydroxyl groups is 1. The molecule has 2 aromatic heterocycles. The highest BCUT2D eigenvalue weighted by Crippen LogP contribution is 2.33. The van der Waals surface area contributed by atoms with E-state index in [1.54, 1.807) is 6.20 Å². The standard InChI is InChI=1S/C23H24F3N5O/c1-15-10-17(12-18(11-15)29-21-27-9-6-19(30-21)23(24,25)26)16-4-5-20(28-13-16)31-22(14-32)7-2-3-8-22/h4-6,9-13,32H,2-3,7-8,14H2,1H3,(H,28,31)(H,27,29,30). The van der Waals surface area contributed by atoms with Gasteiger partial charge in [0.05, 0.1) is 12.1 Å². The molecule has 1 fully saturated rings. The fourth-order valence-corrected chi connectivity index (χ4v) is 4.01. The Kier molecular flexibility index (Phi) is 6.01. The van der Waals surface area contributed by atoms with Gasteiger partial charge in [-0.3, -0.25) is 0 Å². The summed E-state index contributed by atoms with van der Waals surface area (Å²) in [7, 11) is 0. The maximum absolute atomic E-state index is 12.9. The molecule has 6 nitrogen and oxygen atoms in total. The molecule has 0 radical (unpaired) electrons. The van der Waals surface area contributed by atoms with E-state index in [0.29, 0.717) is 11.5 Å². The fourth-order valence-electron chi connectivity index (χ4n) is 4.01. The molecule has 0 spiro atoms. The Hall–Kier alpha value is -3.20. The van der Waals surface area contributed by atoms with Crippen LogP contribution in [0.3, 0.4) is 0 Å². The normalized spacial score (nSPS) is 15.5. The smallest absolute Gasteiger partial charge is 0.394 e. The van der Waals surface area contributed by atoms with Gasteiger partial charge in [-0.25, -0.2) is 15.0 Å². The zero-order valence-corrected chi connectivity index (χ0v) is 17.6. The SMILES string of the molecule is Cc1cc(Nc2nccc(C(F)(F)F)n2)cc(-c2ccc(NC3(CO)CCCC3)nc2)c1. The summed E-state index contributed by atoms with van der Waals surface area (Å²) in [5.41, 5.74) is 1.90. The molecule has 1 aliphatic carbocycles. The maximum Gasteiger partial charge on any atom is 0.433 e. The Morgan fingerprint density at radius 1 is 1.03 bits per heavy atom. The Morgan fingerprint density at radius 3 is 2.47 bits per heavy atom. The Labute approximate surface area is 184 Å². The van der Waals surface area contributed by atoms with Crippen molar-refractivity contribution in [2.75, 3.05) is 17.2 Å². The van der Waals surface area contributed by atoms with Gasteiger partial charge in [0, 0.05) is 23.6 Å². The van der Waals surface area contributed by atoms with Crippen LogP contribution in [-0.4, -0.2) is 32.2 Å². The number of alkyl halides is 3. The van der Waals surface area contributed by atoms with Crippen molar-refractivity contribution < 1.29 is 18.3 Å². The summed E-state index contributed by atoms with van der Waals surface area (Å²) in [4.78, 5) is 12.0. The monoisotopic (exact) mass is 443 g/mol. The van der Waals surface area contributed by atoms with E-state index in [1.165, 1.54) is 0 Å². The van der Waals surface area contributed by atoms with Gasteiger partial charge in [-0.1, -0.05) is 18.9 Å². The van der Waals surface area contributed by atoms with Crippen LogP contribution in [0.4, 0.5) is 30.6 Å². The lowest BCUT2D eigenvalue weighted by molar-refractivity contribution is -0.141. The molecule has 1 aromatic carbocycles. The largest absolute Gasteiger partial charge is 0.433 e. The topological polar surface area (TPSA) is 83.0 Å². The number of anilines is 3. The van der Waals surface area contributed by atoms with Crippen molar-refractivity contribution in [2.45, 2.75) is 44.3 Å². The molecule has 4 rings (SSSR count). The number of halogens is 3. The molecular formula is C23H24F3N5O. The maximum atomic E-state index is 12.9. The van der Waals surface area contributed by atoms with Gasteiger partial charge in [-0.05, 0) is 61.2 Å². The van der Waals surface area contributed by atoms with Crippen LogP contribution >= 0.6 is 0 Å². The molecule has 0 aliphatic heterocycles. The van der Waals surface area contributed by atoms with Crippen LogP contribution in [0.25, 0.3) is 11.1 Å². The van der Waals surface area contributed by atoms with Crippen molar-refractivity contribution in [3.8, 4) is 11.1 Å². The Morgan fingerprint density at radius 2 is 1.81 bits per heavy atom. The van der Waals surface area contributed by atoms with Gasteiger partial charge < -0.3 is 15.7 Å².